The Labute approximate surface area is 135 Å². The van der Waals surface area contributed by atoms with Gasteiger partial charge in [0.2, 0.25) is 0 Å². The number of carbonyl (C=O) groups is 1. The molecule has 116 valence electrons. The average Bonchev–Trinajstić information content (AvgIpc) is 3.00. The lowest BCUT2D eigenvalue weighted by Crippen LogP contribution is -2.35. The van der Waals surface area contributed by atoms with E-state index in [1.54, 1.807) is 0 Å². The van der Waals surface area contributed by atoms with Gasteiger partial charge in [0.1, 0.15) is 0 Å². The molecule has 3 nitrogen and oxygen atoms in total. The lowest BCUT2D eigenvalue weighted by atomic mass is 9.95. The minimum Gasteiger partial charge on any atom is -0.469 e. The molecule has 0 radical (unpaired) electrons. The maximum atomic E-state index is 11.9. The van der Waals surface area contributed by atoms with Crippen LogP contribution >= 0.6 is 11.3 Å². The number of rotatable bonds is 4. The highest BCUT2D eigenvalue weighted by Crippen LogP contribution is 2.33. The molecule has 0 amide bonds. The van der Waals surface area contributed by atoms with Crippen molar-refractivity contribution < 1.29 is 9.53 Å². The molecule has 3 rings (SSSR count). The number of hydrogen-bond donors (Lipinski definition) is 0. The number of methoxy groups -OCH3 is 1. The van der Waals surface area contributed by atoms with Crippen LogP contribution in [0, 0.1) is 6.92 Å². The summed E-state index contributed by atoms with van der Waals surface area (Å²) in [5.74, 6) is -0.149. The molecule has 1 aliphatic heterocycles. The van der Waals surface area contributed by atoms with E-state index in [0.29, 0.717) is 6.42 Å². The van der Waals surface area contributed by atoms with Crippen LogP contribution in [0.4, 0.5) is 0 Å². The first-order valence-electron chi connectivity index (χ1n) is 7.60. The summed E-state index contributed by atoms with van der Waals surface area (Å²) in [7, 11) is 1.46. The molecular formula is C18H21NO2S. The SMILES string of the molecule is COC(=O)C[C@H](c1ccccc1C)N1CCc2sccc2C1. The number of benzene rings is 1. The fourth-order valence-electron chi connectivity index (χ4n) is 3.17. The number of aryl methyl sites for hydroxylation is 1. The van der Waals surface area contributed by atoms with Crippen molar-refractivity contribution in [2.45, 2.75) is 32.4 Å². The number of ether oxygens (including phenoxy) is 1. The van der Waals surface area contributed by atoms with Crippen LogP contribution in [0.25, 0.3) is 0 Å². The standard InChI is InChI=1S/C18H21NO2S/c1-13-5-3-4-6-15(13)16(11-18(20)21-2)19-9-7-17-14(12-19)8-10-22-17/h3-6,8,10,16H,7,9,11-12H2,1-2H3/t16-/m1/s1. The Balaban J connectivity index is 1.89. The Kier molecular flexibility index (Phi) is 4.60. The molecule has 0 bridgehead atoms. The van der Waals surface area contributed by atoms with Gasteiger partial charge in [-0.25, -0.2) is 0 Å². The molecule has 0 fully saturated rings. The molecule has 2 aromatic rings. The normalized spacial score (nSPS) is 16.1. The summed E-state index contributed by atoms with van der Waals surface area (Å²) in [5, 5.41) is 2.16. The van der Waals surface area contributed by atoms with Gasteiger partial charge in [-0.15, -0.1) is 11.3 Å². The molecule has 0 N–H and O–H groups in total. The Hall–Kier alpha value is -1.65. The average molecular weight is 315 g/mol. The van der Waals surface area contributed by atoms with Crippen molar-refractivity contribution in [3.63, 3.8) is 0 Å². The van der Waals surface area contributed by atoms with Gasteiger partial charge in [-0.2, -0.15) is 0 Å². The van der Waals surface area contributed by atoms with Crippen molar-refractivity contribution in [2.75, 3.05) is 13.7 Å². The van der Waals surface area contributed by atoms with E-state index in [1.807, 2.05) is 23.5 Å². The summed E-state index contributed by atoms with van der Waals surface area (Å²) in [6.07, 6.45) is 1.47. The highest BCUT2D eigenvalue weighted by Gasteiger charge is 2.28. The molecule has 2 heterocycles. The monoisotopic (exact) mass is 315 g/mol. The zero-order valence-corrected chi connectivity index (χ0v) is 13.9. The number of hydrogen-bond acceptors (Lipinski definition) is 4. The van der Waals surface area contributed by atoms with Gasteiger partial charge in [0.05, 0.1) is 13.5 Å². The second-order valence-corrected chi connectivity index (χ2v) is 6.74. The molecule has 1 aromatic heterocycles. The minimum atomic E-state index is -0.149. The van der Waals surface area contributed by atoms with Crippen molar-refractivity contribution >= 4 is 17.3 Å². The fourth-order valence-corrected chi connectivity index (χ4v) is 4.06. The van der Waals surface area contributed by atoms with Gasteiger partial charge in [0.15, 0.2) is 0 Å². The molecule has 0 saturated carbocycles. The summed E-state index contributed by atoms with van der Waals surface area (Å²) < 4.78 is 4.92. The van der Waals surface area contributed by atoms with Crippen molar-refractivity contribution in [3.8, 4) is 0 Å². The van der Waals surface area contributed by atoms with Crippen molar-refractivity contribution in [1.82, 2.24) is 4.90 Å². The lowest BCUT2D eigenvalue weighted by Gasteiger charge is -2.35. The Morgan fingerprint density at radius 2 is 2.18 bits per heavy atom. The van der Waals surface area contributed by atoms with Crippen LogP contribution in [0.15, 0.2) is 35.7 Å². The third-order valence-electron chi connectivity index (χ3n) is 4.41. The quantitative estimate of drug-likeness (QED) is 0.805. The van der Waals surface area contributed by atoms with E-state index in [2.05, 4.69) is 35.4 Å². The third kappa shape index (κ3) is 3.08. The Morgan fingerprint density at radius 1 is 1.36 bits per heavy atom. The largest absolute Gasteiger partial charge is 0.469 e. The van der Waals surface area contributed by atoms with Crippen LogP contribution in [-0.4, -0.2) is 24.5 Å². The molecular weight excluding hydrogens is 294 g/mol. The van der Waals surface area contributed by atoms with Crippen LogP contribution in [-0.2, 0) is 22.5 Å². The van der Waals surface area contributed by atoms with Gasteiger partial charge in [-0.1, -0.05) is 24.3 Å². The summed E-state index contributed by atoms with van der Waals surface area (Å²) in [6.45, 7) is 4.01. The second kappa shape index (κ2) is 6.63. The maximum absolute atomic E-state index is 11.9. The third-order valence-corrected chi connectivity index (χ3v) is 5.44. The van der Waals surface area contributed by atoms with E-state index in [-0.39, 0.29) is 12.0 Å². The Bertz CT molecular complexity index is 665. The van der Waals surface area contributed by atoms with E-state index in [1.165, 1.54) is 28.7 Å². The van der Waals surface area contributed by atoms with Crippen LogP contribution < -0.4 is 0 Å². The first-order chi connectivity index (χ1) is 10.7. The van der Waals surface area contributed by atoms with Gasteiger partial charge in [-0.05, 0) is 41.5 Å². The predicted molar refractivity (Wildman–Crippen MR) is 89.0 cm³/mol. The van der Waals surface area contributed by atoms with Crippen LogP contribution in [0.5, 0.6) is 0 Å². The number of nitrogens with zero attached hydrogens (tertiary/aromatic N) is 1. The second-order valence-electron chi connectivity index (χ2n) is 5.74. The van der Waals surface area contributed by atoms with Crippen LogP contribution in [0.2, 0.25) is 0 Å². The summed E-state index contributed by atoms with van der Waals surface area (Å²) >= 11 is 1.84. The topological polar surface area (TPSA) is 29.5 Å². The van der Waals surface area contributed by atoms with Gasteiger partial charge < -0.3 is 4.74 Å². The van der Waals surface area contributed by atoms with Crippen molar-refractivity contribution in [3.05, 3.63) is 57.3 Å². The van der Waals surface area contributed by atoms with Crippen LogP contribution in [0.1, 0.15) is 34.0 Å². The molecule has 4 heteroatoms. The highest BCUT2D eigenvalue weighted by atomic mass is 32.1. The summed E-state index contributed by atoms with van der Waals surface area (Å²) in [6, 6.07) is 10.6. The molecule has 1 aromatic carbocycles. The van der Waals surface area contributed by atoms with E-state index in [0.717, 1.165) is 19.5 Å². The molecule has 0 unspecified atom stereocenters. The molecule has 1 aliphatic rings. The summed E-state index contributed by atoms with van der Waals surface area (Å²) in [4.78, 5) is 15.8. The number of esters is 1. The summed E-state index contributed by atoms with van der Waals surface area (Å²) in [5.41, 5.74) is 3.86. The first kappa shape index (κ1) is 15.3. The van der Waals surface area contributed by atoms with Crippen molar-refractivity contribution in [1.29, 1.82) is 0 Å². The smallest absolute Gasteiger partial charge is 0.307 e. The number of fused-ring (bicyclic) bond motifs is 1. The zero-order valence-electron chi connectivity index (χ0n) is 13.0. The van der Waals surface area contributed by atoms with E-state index >= 15 is 0 Å². The van der Waals surface area contributed by atoms with E-state index in [4.69, 9.17) is 4.74 Å². The molecule has 1 atom stereocenters. The maximum Gasteiger partial charge on any atom is 0.307 e. The van der Waals surface area contributed by atoms with E-state index in [9.17, 15) is 4.79 Å². The number of carbonyl (C=O) groups excluding carboxylic acids is 1. The first-order valence-corrected chi connectivity index (χ1v) is 8.48. The molecule has 0 spiro atoms. The molecule has 0 aliphatic carbocycles. The van der Waals surface area contributed by atoms with Crippen molar-refractivity contribution in [2.24, 2.45) is 0 Å². The van der Waals surface area contributed by atoms with Gasteiger partial charge in [0.25, 0.3) is 0 Å². The predicted octanol–water partition coefficient (Wildman–Crippen LogP) is 3.72. The van der Waals surface area contributed by atoms with Gasteiger partial charge in [0, 0.05) is 24.0 Å². The molecule has 0 saturated heterocycles. The van der Waals surface area contributed by atoms with Crippen LogP contribution in [0.3, 0.4) is 0 Å². The van der Waals surface area contributed by atoms with E-state index < -0.39 is 0 Å². The van der Waals surface area contributed by atoms with Gasteiger partial charge in [-0.3, -0.25) is 9.69 Å². The molecule has 22 heavy (non-hydrogen) atoms. The minimum absolute atomic E-state index is 0.0849. The number of thiophene rings is 1. The lowest BCUT2D eigenvalue weighted by molar-refractivity contribution is -0.142. The Morgan fingerprint density at radius 3 is 2.95 bits per heavy atom. The van der Waals surface area contributed by atoms with Gasteiger partial charge >= 0.3 is 5.97 Å². The highest BCUT2D eigenvalue weighted by molar-refractivity contribution is 7.10. The zero-order chi connectivity index (χ0) is 15.5. The fraction of sp³-hybridized carbons (Fsp3) is 0.389.